The van der Waals surface area contributed by atoms with E-state index in [1.807, 2.05) is 6.92 Å². The Kier molecular flexibility index (Phi) is 3.23. The fourth-order valence-electron chi connectivity index (χ4n) is 1.79. The van der Waals surface area contributed by atoms with E-state index in [0.717, 1.165) is 26.1 Å². The third-order valence-electron chi connectivity index (χ3n) is 2.90. The number of likely N-dealkylation sites (tertiary alicyclic amines) is 1. The monoisotopic (exact) mass is 236 g/mol. The molecule has 1 saturated heterocycles. The number of aromatic nitrogens is 3. The molecule has 1 N–H and O–H groups in total. The molecule has 0 bridgehead atoms. The third kappa shape index (κ3) is 2.71. The van der Waals surface area contributed by atoms with Crippen LogP contribution in [-0.2, 0) is 0 Å². The van der Waals surface area contributed by atoms with E-state index in [2.05, 4.69) is 21.8 Å². The number of carbonyl (C=O) groups is 1. The first-order valence-electron chi connectivity index (χ1n) is 5.58. The van der Waals surface area contributed by atoms with E-state index in [9.17, 15) is 4.79 Å². The number of rotatable bonds is 5. The molecule has 6 heteroatoms. The Morgan fingerprint density at radius 2 is 2.35 bits per heavy atom. The average molecular weight is 236 g/mol. The minimum Gasteiger partial charge on any atom is -0.476 e. The lowest BCUT2D eigenvalue weighted by Crippen LogP contribution is -2.48. The van der Waals surface area contributed by atoms with Gasteiger partial charge in [-0.25, -0.2) is 9.48 Å². The van der Waals surface area contributed by atoms with Crippen molar-refractivity contribution in [2.45, 2.75) is 19.4 Å². The first-order chi connectivity index (χ1) is 8.06. The summed E-state index contributed by atoms with van der Waals surface area (Å²) in [6, 6.07) is 0.251. The highest BCUT2D eigenvalue weighted by atomic mass is 16.4. The van der Waals surface area contributed by atoms with Crippen molar-refractivity contribution < 1.29 is 9.90 Å². The quantitative estimate of drug-likeness (QED) is 0.766. The van der Waals surface area contributed by atoms with Crippen LogP contribution in [0.4, 0.5) is 0 Å². The highest BCUT2D eigenvalue weighted by molar-refractivity contribution is 5.84. The van der Waals surface area contributed by atoms with E-state index in [1.165, 1.54) is 11.8 Å². The van der Waals surface area contributed by atoms with E-state index in [1.54, 1.807) is 4.68 Å². The van der Waals surface area contributed by atoms with Gasteiger partial charge in [0.2, 0.25) is 0 Å². The van der Waals surface area contributed by atoms with Crippen molar-refractivity contribution in [3.63, 3.8) is 0 Å². The van der Waals surface area contributed by atoms with Crippen molar-refractivity contribution in [1.82, 2.24) is 19.9 Å². The van der Waals surface area contributed by atoms with Gasteiger partial charge in [0.1, 0.15) is 0 Å². The highest BCUT2D eigenvalue weighted by Gasteiger charge is 2.29. The second-order valence-corrected chi connectivity index (χ2v) is 4.51. The Labute approximate surface area is 99.5 Å². The van der Waals surface area contributed by atoms with Gasteiger partial charge in [0.15, 0.2) is 5.69 Å². The van der Waals surface area contributed by atoms with Crippen LogP contribution in [0.1, 0.15) is 29.9 Å². The van der Waals surface area contributed by atoms with Crippen LogP contribution >= 0.6 is 0 Å². The topological polar surface area (TPSA) is 71.2 Å². The normalized spacial score (nSPS) is 16.8. The minimum absolute atomic E-state index is 0.00499. The number of aromatic carboxylic acids is 1. The Bertz CT molecular complexity index is 434. The molecule has 0 aromatic carbocycles. The molecule has 92 valence electrons. The van der Waals surface area contributed by atoms with Crippen LogP contribution in [0.5, 0.6) is 0 Å². The molecule has 0 saturated carbocycles. The van der Waals surface area contributed by atoms with Crippen molar-refractivity contribution >= 4 is 5.97 Å². The number of carboxylic acid groups (broad SMARTS) is 1. The zero-order valence-corrected chi connectivity index (χ0v) is 9.83. The second-order valence-electron chi connectivity index (χ2n) is 4.51. The summed E-state index contributed by atoms with van der Waals surface area (Å²) in [5, 5.41) is 16.2. The zero-order valence-electron chi connectivity index (χ0n) is 9.83. The lowest BCUT2D eigenvalue weighted by Gasteiger charge is -2.38. The van der Waals surface area contributed by atoms with Crippen LogP contribution < -0.4 is 0 Å². The maximum absolute atomic E-state index is 10.6. The van der Waals surface area contributed by atoms with Crippen molar-refractivity contribution in [2.24, 2.45) is 0 Å². The maximum Gasteiger partial charge on any atom is 0.358 e. The molecule has 17 heavy (non-hydrogen) atoms. The molecule has 0 unspecified atom stereocenters. The standard InChI is InChI=1S/C11H16N4O2/c1-8(2)3-4-14-5-9(6-14)15-7-10(11(16)17)12-13-15/h7,9H,1,3-6H2,2H3,(H,16,17). The van der Waals surface area contributed by atoms with E-state index < -0.39 is 5.97 Å². The van der Waals surface area contributed by atoms with Gasteiger partial charge in [0.25, 0.3) is 0 Å². The van der Waals surface area contributed by atoms with Gasteiger partial charge in [-0.3, -0.25) is 4.90 Å². The van der Waals surface area contributed by atoms with Crippen molar-refractivity contribution in [3.05, 3.63) is 24.0 Å². The molecule has 0 spiro atoms. The van der Waals surface area contributed by atoms with Gasteiger partial charge in [0.05, 0.1) is 12.2 Å². The molecule has 0 amide bonds. The van der Waals surface area contributed by atoms with Crippen molar-refractivity contribution in [2.75, 3.05) is 19.6 Å². The summed E-state index contributed by atoms with van der Waals surface area (Å²) in [5.74, 6) is -1.03. The molecule has 0 aliphatic carbocycles. The molecule has 1 aromatic rings. The number of nitrogens with zero attached hydrogens (tertiary/aromatic N) is 4. The van der Waals surface area contributed by atoms with E-state index in [0.29, 0.717) is 0 Å². The SMILES string of the molecule is C=C(C)CCN1CC(n2cc(C(=O)O)nn2)C1. The van der Waals surface area contributed by atoms with Gasteiger partial charge < -0.3 is 5.11 Å². The minimum atomic E-state index is -1.03. The molecule has 2 rings (SSSR count). The number of hydrogen-bond acceptors (Lipinski definition) is 4. The van der Waals surface area contributed by atoms with Crippen LogP contribution in [0.25, 0.3) is 0 Å². The molecule has 0 radical (unpaired) electrons. The van der Waals surface area contributed by atoms with Crippen molar-refractivity contribution in [3.8, 4) is 0 Å². The largest absolute Gasteiger partial charge is 0.476 e. The fourth-order valence-corrected chi connectivity index (χ4v) is 1.79. The predicted octanol–water partition coefficient (Wildman–Crippen LogP) is 0.799. The summed E-state index contributed by atoms with van der Waals surface area (Å²) in [5.41, 5.74) is 1.19. The summed E-state index contributed by atoms with van der Waals surface area (Å²) >= 11 is 0. The average Bonchev–Trinajstić information content (AvgIpc) is 2.63. The lowest BCUT2D eigenvalue weighted by molar-refractivity contribution is 0.0690. The molecule has 1 aromatic heterocycles. The second kappa shape index (κ2) is 4.67. The third-order valence-corrected chi connectivity index (χ3v) is 2.90. The van der Waals surface area contributed by atoms with Gasteiger partial charge in [-0.1, -0.05) is 10.8 Å². The van der Waals surface area contributed by atoms with Crippen LogP contribution in [-0.4, -0.2) is 50.6 Å². The number of carboxylic acids is 1. The van der Waals surface area contributed by atoms with Crippen molar-refractivity contribution in [1.29, 1.82) is 0 Å². The van der Waals surface area contributed by atoms with Crippen LogP contribution in [0.2, 0.25) is 0 Å². The van der Waals surface area contributed by atoms with Gasteiger partial charge >= 0.3 is 5.97 Å². The Balaban J connectivity index is 1.82. The van der Waals surface area contributed by atoms with Gasteiger partial charge in [-0.05, 0) is 13.3 Å². The molecular weight excluding hydrogens is 220 g/mol. The Morgan fingerprint density at radius 3 is 2.88 bits per heavy atom. The molecule has 1 fully saturated rings. The van der Waals surface area contributed by atoms with E-state index in [-0.39, 0.29) is 11.7 Å². The highest BCUT2D eigenvalue weighted by Crippen LogP contribution is 2.20. The summed E-state index contributed by atoms with van der Waals surface area (Å²) in [6.07, 6.45) is 2.49. The first kappa shape index (κ1) is 11.8. The molecule has 0 atom stereocenters. The van der Waals surface area contributed by atoms with E-state index in [4.69, 9.17) is 5.11 Å². The summed E-state index contributed by atoms with van der Waals surface area (Å²) in [6.45, 7) is 8.69. The summed E-state index contributed by atoms with van der Waals surface area (Å²) < 4.78 is 1.64. The van der Waals surface area contributed by atoms with Gasteiger partial charge in [-0.2, -0.15) is 0 Å². The molecule has 1 aliphatic rings. The lowest BCUT2D eigenvalue weighted by atomic mass is 10.1. The Hall–Kier alpha value is -1.69. The predicted molar refractivity (Wildman–Crippen MR) is 61.9 cm³/mol. The number of hydrogen-bond donors (Lipinski definition) is 1. The summed E-state index contributed by atoms with van der Waals surface area (Å²) in [4.78, 5) is 12.9. The van der Waals surface area contributed by atoms with Crippen LogP contribution in [0.15, 0.2) is 18.3 Å². The molecular formula is C11H16N4O2. The molecule has 1 aliphatic heterocycles. The van der Waals surface area contributed by atoms with Gasteiger partial charge in [0, 0.05) is 19.6 Å². The van der Waals surface area contributed by atoms with Crippen LogP contribution in [0, 0.1) is 0 Å². The first-order valence-corrected chi connectivity index (χ1v) is 5.58. The van der Waals surface area contributed by atoms with Crippen LogP contribution in [0.3, 0.4) is 0 Å². The molecule has 2 heterocycles. The fraction of sp³-hybridized carbons (Fsp3) is 0.545. The summed E-state index contributed by atoms with van der Waals surface area (Å²) in [7, 11) is 0. The smallest absolute Gasteiger partial charge is 0.358 e. The Morgan fingerprint density at radius 1 is 1.65 bits per heavy atom. The molecule has 6 nitrogen and oxygen atoms in total. The van der Waals surface area contributed by atoms with E-state index >= 15 is 0 Å². The zero-order chi connectivity index (χ0) is 12.4. The van der Waals surface area contributed by atoms with Gasteiger partial charge in [-0.15, -0.1) is 11.7 Å². The maximum atomic E-state index is 10.6.